The first kappa shape index (κ1) is 27.1. The van der Waals surface area contributed by atoms with Gasteiger partial charge in [-0.25, -0.2) is 8.42 Å². The molecule has 1 unspecified atom stereocenters. The molecule has 1 N–H and O–H groups in total. The number of hydrogen-bond acceptors (Lipinski definition) is 7. The molecule has 2 aliphatic rings. The standard InChI is InChI=1S/C25H37N5O4S2/c1-3-19(2)30-24(21-10-7-11-22(16-21)36(32,33)29-12-14-34-15-13-29)27-28-25(30)35-18-23(31)26-17-20-8-5-4-6-9-20/h7,10-11,16,19-20H,3-6,8-9,12-15,17-18H2,1-2H3,(H,26,31). The number of benzene rings is 1. The average molecular weight is 536 g/mol. The van der Waals surface area contributed by atoms with Crippen LogP contribution in [0.2, 0.25) is 0 Å². The summed E-state index contributed by atoms with van der Waals surface area (Å²) in [6, 6.07) is 6.96. The van der Waals surface area contributed by atoms with Gasteiger partial charge < -0.3 is 10.1 Å². The molecule has 11 heteroatoms. The Morgan fingerprint density at radius 2 is 1.94 bits per heavy atom. The summed E-state index contributed by atoms with van der Waals surface area (Å²) in [5, 5.41) is 12.5. The van der Waals surface area contributed by atoms with Crippen molar-refractivity contribution in [2.24, 2.45) is 5.92 Å². The molecule has 0 spiro atoms. The molecule has 1 saturated carbocycles. The van der Waals surface area contributed by atoms with E-state index in [2.05, 4.69) is 29.4 Å². The zero-order valence-electron chi connectivity index (χ0n) is 21.2. The minimum absolute atomic E-state index is 0.00410. The van der Waals surface area contributed by atoms with E-state index < -0.39 is 10.0 Å². The number of carbonyl (C=O) groups excluding carboxylic acids is 1. The number of nitrogens with one attached hydrogen (secondary N) is 1. The molecule has 1 atom stereocenters. The Bertz CT molecular complexity index is 1130. The van der Waals surface area contributed by atoms with Gasteiger partial charge in [0.1, 0.15) is 0 Å². The monoisotopic (exact) mass is 535 g/mol. The minimum Gasteiger partial charge on any atom is -0.379 e. The first-order valence-corrected chi connectivity index (χ1v) is 15.4. The molecule has 1 amide bonds. The highest BCUT2D eigenvalue weighted by molar-refractivity contribution is 7.99. The molecule has 1 aromatic carbocycles. The number of sulfonamides is 1. The number of nitrogens with zero attached hydrogens (tertiary/aromatic N) is 4. The minimum atomic E-state index is -3.62. The first-order chi connectivity index (χ1) is 17.4. The third-order valence-corrected chi connectivity index (χ3v) is 9.88. The van der Waals surface area contributed by atoms with Crippen molar-refractivity contribution in [2.75, 3.05) is 38.6 Å². The van der Waals surface area contributed by atoms with Crippen molar-refractivity contribution in [1.82, 2.24) is 24.4 Å². The van der Waals surface area contributed by atoms with E-state index >= 15 is 0 Å². The summed E-state index contributed by atoms with van der Waals surface area (Å²) in [4.78, 5) is 12.8. The fraction of sp³-hybridized carbons (Fsp3) is 0.640. The van der Waals surface area contributed by atoms with E-state index in [1.807, 2.05) is 10.6 Å². The number of carbonyl (C=O) groups is 1. The number of amides is 1. The molecular weight excluding hydrogens is 498 g/mol. The van der Waals surface area contributed by atoms with E-state index in [-0.39, 0.29) is 22.6 Å². The molecule has 1 aliphatic carbocycles. The Hall–Kier alpha value is -1.95. The van der Waals surface area contributed by atoms with Crippen molar-refractivity contribution in [2.45, 2.75) is 68.5 Å². The Labute approximate surface area is 218 Å². The van der Waals surface area contributed by atoms with E-state index in [1.54, 1.807) is 18.2 Å². The maximum absolute atomic E-state index is 13.2. The Kier molecular flexibility index (Phi) is 9.43. The van der Waals surface area contributed by atoms with Crippen molar-refractivity contribution in [3.8, 4) is 11.4 Å². The molecule has 0 bridgehead atoms. The second kappa shape index (κ2) is 12.5. The second-order valence-electron chi connectivity index (χ2n) is 9.57. The molecule has 36 heavy (non-hydrogen) atoms. The van der Waals surface area contributed by atoms with Crippen LogP contribution in [-0.2, 0) is 19.6 Å². The van der Waals surface area contributed by atoms with Gasteiger partial charge in [-0.1, -0.05) is 50.1 Å². The second-order valence-corrected chi connectivity index (χ2v) is 12.5. The van der Waals surface area contributed by atoms with Gasteiger partial charge in [0.2, 0.25) is 15.9 Å². The molecule has 2 aromatic rings. The number of aromatic nitrogens is 3. The van der Waals surface area contributed by atoms with Gasteiger partial charge in [-0.15, -0.1) is 10.2 Å². The number of hydrogen-bond donors (Lipinski definition) is 1. The molecule has 2 fully saturated rings. The lowest BCUT2D eigenvalue weighted by Gasteiger charge is -2.26. The molecule has 0 radical (unpaired) electrons. The summed E-state index contributed by atoms with van der Waals surface area (Å²) in [5.74, 6) is 1.47. The summed E-state index contributed by atoms with van der Waals surface area (Å²) < 4.78 is 35.1. The predicted octanol–water partition coefficient (Wildman–Crippen LogP) is 3.73. The molecule has 1 saturated heterocycles. The van der Waals surface area contributed by atoms with Gasteiger partial charge in [-0.2, -0.15) is 4.31 Å². The fourth-order valence-electron chi connectivity index (χ4n) is 4.71. The van der Waals surface area contributed by atoms with Gasteiger partial charge in [-0.3, -0.25) is 9.36 Å². The highest BCUT2D eigenvalue weighted by Gasteiger charge is 2.27. The predicted molar refractivity (Wildman–Crippen MR) is 140 cm³/mol. The molecule has 2 heterocycles. The summed E-state index contributed by atoms with van der Waals surface area (Å²) in [6.07, 6.45) is 7.04. The van der Waals surface area contributed by atoms with Crippen molar-refractivity contribution in [1.29, 1.82) is 0 Å². The lowest BCUT2D eigenvalue weighted by molar-refractivity contribution is -0.118. The zero-order chi connectivity index (χ0) is 25.5. The van der Waals surface area contributed by atoms with Gasteiger partial charge in [-0.05, 0) is 44.2 Å². The SMILES string of the molecule is CCC(C)n1c(SCC(=O)NCC2CCCCC2)nnc1-c1cccc(S(=O)(=O)N2CCOCC2)c1. The number of morpholine rings is 1. The van der Waals surface area contributed by atoms with Crippen LogP contribution < -0.4 is 5.32 Å². The van der Waals surface area contributed by atoms with E-state index in [0.717, 1.165) is 13.0 Å². The highest BCUT2D eigenvalue weighted by atomic mass is 32.2. The van der Waals surface area contributed by atoms with Crippen molar-refractivity contribution >= 4 is 27.7 Å². The van der Waals surface area contributed by atoms with Gasteiger partial charge in [0.05, 0.1) is 23.9 Å². The van der Waals surface area contributed by atoms with E-state index in [9.17, 15) is 13.2 Å². The van der Waals surface area contributed by atoms with Gasteiger partial charge in [0.15, 0.2) is 11.0 Å². The summed E-state index contributed by atoms with van der Waals surface area (Å²) in [5.41, 5.74) is 0.686. The Balaban J connectivity index is 1.49. The van der Waals surface area contributed by atoms with E-state index in [1.165, 1.54) is 48.2 Å². The lowest BCUT2D eigenvalue weighted by atomic mass is 9.89. The molecular formula is C25H37N5O4S2. The average Bonchev–Trinajstić information content (AvgIpc) is 3.35. The smallest absolute Gasteiger partial charge is 0.243 e. The van der Waals surface area contributed by atoms with Crippen LogP contribution >= 0.6 is 11.8 Å². The number of ether oxygens (including phenoxy) is 1. The number of rotatable bonds is 10. The summed E-state index contributed by atoms with van der Waals surface area (Å²) in [7, 11) is -3.62. The topological polar surface area (TPSA) is 106 Å². The van der Waals surface area contributed by atoms with Crippen molar-refractivity contribution in [3.63, 3.8) is 0 Å². The Morgan fingerprint density at radius 1 is 1.19 bits per heavy atom. The summed E-state index contributed by atoms with van der Waals surface area (Å²) in [6.45, 7) is 6.39. The maximum atomic E-state index is 13.2. The van der Waals surface area contributed by atoms with Crippen molar-refractivity contribution < 1.29 is 17.9 Å². The van der Waals surface area contributed by atoms with Crippen LogP contribution in [0, 0.1) is 5.92 Å². The van der Waals surface area contributed by atoms with E-state index in [4.69, 9.17) is 4.74 Å². The largest absolute Gasteiger partial charge is 0.379 e. The van der Waals surface area contributed by atoms with Crippen LogP contribution in [0.15, 0.2) is 34.3 Å². The van der Waals surface area contributed by atoms with Gasteiger partial charge in [0.25, 0.3) is 0 Å². The highest BCUT2D eigenvalue weighted by Crippen LogP contribution is 2.31. The molecule has 9 nitrogen and oxygen atoms in total. The lowest BCUT2D eigenvalue weighted by Crippen LogP contribution is -2.40. The molecule has 198 valence electrons. The maximum Gasteiger partial charge on any atom is 0.243 e. The zero-order valence-corrected chi connectivity index (χ0v) is 22.8. The van der Waals surface area contributed by atoms with Crippen LogP contribution in [0.4, 0.5) is 0 Å². The van der Waals surface area contributed by atoms with E-state index in [0.29, 0.717) is 48.8 Å². The fourth-order valence-corrected chi connectivity index (χ4v) is 7.04. The van der Waals surface area contributed by atoms with Crippen LogP contribution in [0.3, 0.4) is 0 Å². The normalized spacial score (nSPS) is 18.7. The van der Waals surface area contributed by atoms with Crippen LogP contribution in [0.5, 0.6) is 0 Å². The van der Waals surface area contributed by atoms with Crippen molar-refractivity contribution in [3.05, 3.63) is 24.3 Å². The van der Waals surface area contributed by atoms with Gasteiger partial charge in [0, 0.05) is 31.2 Å². The first-order valence-electron chi connectivity index (χ1n) is 12.9. The number of thioether (sulfide) groups is 1. The summed E-state index contributed by atoms with van der Waals surface area (Å²) >= 11 is 1.37. The molecule has 1 aromatic heterocycles. The Morgan fingerprint density at radius 3 is 2.67 bits per heavy atom. The van der Waals surface area contributed by atoms with Crippen LogP contribution in [0.25, 0.3) is 11.4 Å². The quantitative estimate of drug-likeness (QED) is 0.462. The third kappa shape index (κ3) is 6.48. The van der Waals surface area contributed by atoms with Crippen LogP contribution in [-0.4, -0.2) is 72.0 Å². The van der Waals surface area contributed by atoms with Crippen LogP contribution in [0.1, 0.15) is 58.4 Å². The van der Waals surface area contributed by atoms with Gasteiger partial charge >= 0.3 is 0 Å². The molecule has 4 rings (SSSR count). The molecule has 1 aliphatic heterocycles. The third-order valence-electron chi connectivity index (χ3n) is 7.04.